The number of guanidine groups is 1. The van der Waals surface area contributed by atoms with Crippen LogP contribution in [0, 0.1) is 0 Å². The van der Waals surface area contributed by atoms with Crippen LogP contribution in [-0.2, 0) is 11.2 Å². The third-order valence-electron chi connectivity index (χ3n) is 3.45. The standard InChI is InChI=1S/C17H28N4O/c1-5-7-11-21(4)17(18-3)19-13-16(22)20-15-10-8-9-14(6-2)12-15/h8-10,12H,5-7,11,13H2,1-4H3,(H,18,19)(H,20,22). The van der Waals surface area contributed by atoms with Gasteiger partial charge in [-0.3, -0.25) is 9.79 Å². The van der Waals surface area contributed by atoms with Gasteiger partial charge in [0.05, 0.1) is 6.54 Å². The predicted octanol–water partition coefficient (Wildman–Crippen LogP) is 2.49. The Morgan fingerprint density at radius 2 is 2.09 bits per heavy atom. The number of rotatable bonds is 7. The van der Waals surface area contributed by atoms with Crippen LogP contribution in [0.3, 0.4) is 0 Å². The highest BCUT2D eigenvalue weighted by Crippen LogP contribution is 2.10. The van der Waals surface area contributed by atoms with Crippen LogP contribution in [0.1, 0.15) is 32.3 Å². The Morgan fingerprint density at radius 1 is 1.32 bits per heavy atom. The number of unbranched alkanes of at least 4 members (excludes halogenated alkanes) is 1. The molecule has 0 heterocycles. The minimum atomic E-state index is -0.0710. The summed E-state index contributed by atoms with van der Waals surface area (Å²) >= 11 is 0. The van der Waals surface area contributed by atoms with Crippen LogP contribution in [0.5, 0.6) is 0 Å². The fourth-order valence-corrected chi connectivity index (χ4v) is 2.12. The summed E-state index contributed by atoms with van der Waals surface area (Å²) in [6.07, 6.45) is 3.19. The Bertz CT molecular complexity index is 499. The second-order valence-electron chi connectivity index (χ2n) is 5.28. The highest BCUT2D eigenvalue weighted by Gasteiger charge is 2.08. The lowest BCUT2D eigenvalue weighted by Gasteiger charge is -2.21. The van der Waals surface area contributed by atoms with E-state index in [1.54, 1.807) is 7.05 Å². The minimum absolute atomic E-state index is 0.0710. The summed E-state index contributed by atoms with van der Waals surface area (Å²) in [4.78, 5) is 18.3. The normalized spacial score (nSPS) is 11.2. The van der Waals surface area contributed by atoms with Crippen LogP contribution in [-0.4, -0.2) is 44.0 Å². The minimum Gasteiger partial charge on any atom is -0.347 e. The van der Waals surface area contributed by atoms with Crippen LogP contribution in [0.25, 0.3) is 0 Å². The molecule has 0 aliphatic carbocycles. The first-order chi connectivity index (χ1) is 10.6. The van der Waals surface area contributed by atoms with Gasteiger partial charge in [0.25, 0.3) is 0 Å². The molecule has 0 fully saturated rings. The molecule has 0 aliphatic rings. The SMILES string of the molecule is CCCCN(C)C(=NC)NCC(=O)Nc1cccc(CC)c1. The Hall–Kier alpha value is -2.04. The first-order valence-corrected chi connectivity index (χ1v) is 7.91. The van der Waals surface area contributed by atoms with Crippen molar-refractivity contribution in [3.05, 3.63) is 29.8 Å². The van der Waals surface area contributed by atoms with E-state index in [1.165, 1.54) is 5.56 Å². The Balaban J connectivity index is 2.47. The van der Waals surface area contributed by atoms with Gasteiger partial charge >= 0.3 is 0 Å². The average Bonchev–Trinajstić information content (AvgIpc) is 2.53. The lowest BCUT2D eigenvalue weighted by Crippen LogP contribution is -2.42. The summed E-state index contributed by atoms with van der Waals surface area (Å²) in [6, 6.07) is 7.91. The number of amides is 1. The Kier molecular flexibility index (Phi) is 8.04. The molecular formula is C17H28N4O. The van der Waals surface area contributed by atoms with Gasteiger partial charge in [-0.2, -0.15) is 0 Å². The molecule has 5 nitrogen and oxygen atoms in total. The smallest absolute Gasteiger partial charge is 0.243 e. The summed E-state index contributed by atoms with van der Waals surface area (Å²) in [5, 5.41) is 5.99. The lowest BCUT2D eigenvalue weighted by atomic mass is 10.1. The first-order valence-electron chi connectivity index (χ1n) is 7.91. The summed E-state index contributed by atoms with van der Waals surface area (Å²) in [7, 11) is 3.71. The van der Waals surface area contributed by atoms with E-state index in [1.807, 2.05) is 30.1 Å². The largest absolute Gasteiger partial charge is 0.347 e. The van der Waals surface area contributed by atoms with E-state index in [-0.39, 0.29) is 12.5 Å². The van der Waals surface area contributed by atoms with E-state index in [0.29, 0.717) is 0 Å². The van der Waals surface area contributed by atoms with Gasteiger partial charge in [-0.1, -0.05) is 32.4 Å². The van der Waals surface area contributed by atoms with Crippen molar-refractivity contribution in [2.45, 2.75) is 33.1 Å². The maximum Gasteiger partial charge on any atom is 0.243 e. The van der Waals surface area contributed by atoms with Crippen LogP contribution in [0.2, 0.25) is 0 Å². The van der Waals surface area contributed by atoms with E-state index in [2.05, 4.69) is 35.5 Å². The molecule has 0 aromatic heterocycles. The number of nitrogens with one attached hydrogen (secondary N) is 2. The van der Waals surface area contributed by atoms with Gasteiger partial charge in [0, 0.05) is 26.3 Å². The molecule has 22 heavy (non-hydrogen) atoms. The third-order valence-corrected chi connectivity index (χ3v) is 3.45. The number of carbonyl (C=O) groups is 1. The molecule has 5 heteroatoms. The fourth-order valence-electron chi connectivity index (χ4n) is 2.12. The van der Waals surface area contributed by atoms with Crippen molar-refractivity contribution in [2.75, 3.05) is 32.5 Å². The molecule has 0 spiro atoms. The van der Waals surface area contributed by atoms with Crippen molar-refractivity contribution in [3.63, 3.8) is 0 Å². The monoisotopic (exact) mass is 304 g/mol. The van der Waals surface area contributed by atoms with Gasteiger partial charge in [0.1, 0.15) is 0 Å². The lowest BCUT2D eigenvalue weighted by molar-refractivity contribution is -0.115. The zero-order valence-corrected chi connectivity index (χ0v) is 14.1. The van der Waals surface area contributed by atoms with Crippen LogP contribution < -0.4 is 10.6 Å². The molecule has 1 aromatic rings. The number of benzene rings is 1. The maximum absolute atomic E-state index is 12.0. The van der Waals surface area contributed by atoms with Gasteiger partial charge in [-0.15, -0.1) is 0 Å². The molecule has 0 aliphatic heterocycles. The van der Waals surface area contributed by atoms with Gasteiger partial charge in [0.15, 0.2) is 5.96 Å². The zero-order chi connectivity index (χ0) is 16.4. The quantitative estimate of drug-likeness (QED) is 0.601. The molecule has 0 radical (unpaired) electrons. The fraction of sp³-hybridized carbons (Fsp3) is 0.529. The van der Waals surface area contributed by atoms with Crippen LogP contribution in [0.15, 0.2) is 29.3 Å². The number of aryl methyl sites for hydroxylation is 1. The van der Waals surface area contributed by atoms with Gasteiger partial charge < -0.3 is 15.5 Å². The Morgan fingerprint density at radius 3 is 2.73 bits per heavy atom. The van der Waals surface area contributed by atoms with Crippen molar-refractivity contribution < 1.29 is 4.79 Å². The molecule has 0 atom stereocenters. The van der Waals surface area contributed by atoms with E-state index in [9.17, 15) is 4.79 Å². The molecule has 0 saturated heterocycles. The van der Waals surface area contributed by atoms with E-state index >= 15 is 0 Å². The number of hydrogen-bond acceptors (Lipinski definition) is 2. The number of nitrogens with zero attached hydrogens (tertiary/aromatic N) is 2. The summed E-state index contributed by atoms with van der Waals surface area (Å²) < 4.78 is 0. The topological polar surface area (TPSA) is 56.7 Å². The third kappa shape index (κ3) is 6.16. The zero-order valence-electron chi connectivity index (χ0n) is 14.1. The molecule has 0 saturated carbocycles. The van der Waals surface area contributed by atoms with Crippen molar-refractivity contribution in [2.24, 2.45) is 4.99 Å². The number of anilines is 1. The number of carbonyl (C=O) groups excluding carboxylic acids is 1. The van der Waals surface area contributed by atoms with Gasteiger partial charge in [-0.05, 0) is 30.5 Å². The number of hydrogen-bond donors (Lipinski definition) is 2. The molecule has 0 bridgehead atoms. The van der Waals surface area contributed by atoms with Crippen molar-refractivity contribution in [3.8, 4) is 0 Å². The second kappa shape index (κ2) is 9.82. The molecule has 2 N–H and O–H groups in total. The molecule has 0 unspecified atom stereocenters. The summed E-state index contributed by atoms with van der Waals surface area (Å²) in [6.45, 7) is 5.39. The maximum atomic E-state index is 12.0. The average molecular weight is 304 g/mol. The summed E-state index contributed by atoms with van der Waals surface area (Å²) in [5.41, 5.74) is 2.04. The van der Waals surface area contributed by atoms with E-state index < -0.39 is 0 Å². The molecule has 122 valence electrons. The van der Waals surface area contributed by atoms with Gasteiger partial charge in [-0.25, -0.2) is 0 Å². The first kappa shape index (κ1) is 18.0. The molecule has 1 aromatic carbocycles. The van der Waals surface area contributed by atoms with Crippen LogP contribution >= 0.6 is 0 Å². The van der Waals surface area contributed by atoms with Crippen molar-refractivity contribution >= 4 is 17.6 Å². The highest BCUT2D eigenvalue weighted by atomic mass is 16.1. The van der Waals surface area contributed by atoms with Gasteiger partial charge in [0.2, 0.25) is 5.91 Å². The number of aliphatic imine (C=N–C) groups is 1. The second-order valence-corrected chi connectivity index (χ2v) is 5.28. The van der Waals surface area contributed by atoms with E-state index in [4.69, 9.17) is 0 Å². The van der Waals surface area contributed by atoms with Crippen LogP contribution in [0.4, 0.5) is 5.69 Å². The molecule has 1 rings (SSSR count). The van der Waals surface area contributed by atoms with Crippen molar-refractivity contribution in [1.82, 2.24) is 10.2 Å². The molecule has 1 amide bonds. The van der Waals surface area contributed by atoms with E-state index in [0.717, 1.165) is 37.5 Å². The highest BCUT2D eigenvalue weighted by molar-refractivity contribution is 5.95. The molecular weight excluding hydrogens is 276 g/mol. The summed E-state index contributed by atoms with van der Waals surface area (Å²) in [5.74, 6) is 0.671. The predicted molar refractivity (Wildman–Crippen MR) is 93.3 cm³/mol. The Labute approximate surface area is 133 Å². The van der Waals surface area contributed by atoms with Crippen molar-refractivity contribution in [1.29, 1.82) is 0 Å².